The number of hydrogen-bond acceptors (Lipinski definition) is 5. The fraction of sp³-hybridized carbons (Fsp3) is 0.417. The van der Waals surface area contributed by atoms with E-state index in [2.05, 4.69) is 5.10 Å². The summed E-state index contributed by atoms with van der Waals surface area (Å²) in [5.74, 6) is -1.05. The van der Waals surface area contributed by atoms with Crippen molar-refractivity contribution in [3.05, 3.63) is 34.8 Å². The summed E-state index contributed by atoms with van der Waals surface area (Å²) >= 11 is 0. The number of allylic oxidation sites excluding steroid dienone is 1. The lowest BCUT2D eigenvalue weighted by atomic mass is 10.4. The number of nitrogens with zero attached hydrogens (tertiary/aromatic N) is 3. The Morgan fingerprint density at radius 2 is 2.37 bits per heavy atom. The minimum absolute atomic E-state index is 0.132. The van der Waals surface area contributed by atoms with E-state index in [0.29, 0.717) is 18.8 Å². The second-order valence-corrected chi connectivity index (χ2v) is 3.89. The van der Waals surface area contributed by atoms with Crippen LogP contribution in [0.15, 0.2) is 29.2 Å². The first kappa shape index (κ1) is 14.9. The zero-order valence-corrected chi connectivity index (χ0v) is 10.9. The number of hydrogen-bond donors (Lipinski definition) is 1. The maximum Gasteiger partial charge on any atom is 0.328 e. The molecule has 0 saturated heterocycles. The largest absolute Gasteiger partial charge is 0.478 e. The van der Waals surface area contributed by atoms with Crippen molar-refractivity contribution in [1.82, 2.24) is 9.78 Å². The topological polar surface area (TPSA) is 84.7 Å². The second kappa shape index (κ2) is 7.32. The molecule has 0 aliphatic rings. The Bertz CT molecular complexity index is 510. The molecule has 104 valence electrons. The van der Waals surface area contributed by atoms with Crippen molar-refractivity contribution in [1.29, 1.82) is 0 Å². The lowest BCUT2D eigenvalue weighted by Crippen LogP contribution is -2.27. The highest BCUT2D eigenvalue weighted by atomic mass is 16.5. The zero-order valence-electron chi connectivity index (χ0n) is 10.9. The van der Waals surface area contributed by atoms with Crippen LogP contribution in [0.25, 0.3) is 0 Å². The van der Waals surface area contributed by atoms with Crippen molar-refractivity contribution in [2.24, 2.45) is 0 Å². The Morgan fingerprint density at radius 3 is 2.95 bits per heavy atom. The number of aliphatic carboxylic acids is 1. The van der Waals surface area contributed by atoms with E-state index in [0.717, 1.165) is 6.08 Å². The summed E-state index contributed by atoms with van der Waals surface area (Å²) in [4.78, 5) is 23.9. The zero-order chi connectivity index (χ0) is 14.3. The van der Waals surface area contributed by atoms with Gasteiger partial charge in [0.05, 0.1) is 25.0 Å². The van der Waals surface area contributed by atoms with Crippen molar-refractivity contribution in [2.45, 2.75) is 6.54 Å². The first-order chi connectivity index (χ1) is 9.04. The molecule has 0 aliphatic heterocycles. The highest BCUT2D eigenvalue weighted by Gasteiger charge is 2.04. The van der Waals surface area contributed by atoms with Gasteiger partial charge in [0.1, 0.15) is 0 Å². The predicted molar refractivity (Wildman–Crippen MR) is 70.4 cm³/mol. The average molecular weight is 267 g/mol. The van der Waals surface area contributed by atoms with E-state index < -0.39 is 5.97 Å². The minimum Gasteiger partial charge on any atom is -0.478 e. The molecule has 1 N–H and O–H groups in total. The molecule has 19 heavy (non-hydrogen) atoms. The molecule has 1 rings (SSSR count). The minimum atomic E-state index is -1.05. The van der Waals surface area contributed by atoms with Crippen LogP contribution in [0.3, 0.4) is 0 Å². The molecule has 0 radical (unpaired) electrons. The number of ether oxygens (including phenoxy) is 1. The molecular formula is C12H17N3O4. The molecule has 0 fully saturated rings. The van der Waals surface area contributed by atoms with Crippen molar-refractivity contribution < 1.29 is 14.6 Å². The molecule has 0 saturated carbocycles. The number of rotatable bonds is 7. The number of likely N-dealkylation sites (N-methyl/N-ethyl adjacent to an activating group) is 1. The van der Waals surface area contributed by atoms with Gasteiger partial charge in [-0.25, -0.2) is 9.48 Å². The van der Waals surface area contributed by atoms with Gasteiger partial charge in [0.15, 0.2) is 0 Å². The molecule has 0 aliphatic carbocycles. The van der Waals surface area contributed by atoms with Gasteiger partial charge in [-0.1, -0.05) is 6.08 Å². The van der Waals surface area contributed by atoms with Gasteiger partial charge >= 0.3 is 5.97 Å². The molecule has 0 atom stereocenters. The molecule has 1 aromatic rings. The number of carboxylic acid groups (broad SMARTS) is 1. The van der Waals surface area contributed by atoms with Gasteiger partial charge in [0.2, 0.25) is 0 Å². The number of anilines is 1. The lowest BCUT2D eigenvalue weighted by Gasteiger charge is -2.18. The Hall–Kier alpha value is -2.15. The predicted octanol–water partition coefficient (Wildman–Crippen LogP) is -0.0333. The van der Waals surface area contributed by atoms with Gasteiger partial charge in [-0.3, -0.25) is 4.79 Å². The van der Waals surface area contributed by atoms with Crippen LogP contribution in [0.2, 0.25) is 0 Å². The average Bonchev–Trinajstić information content (AvgIpc) is 2.37. The standard InChI is InChI=1S/C12H17N3O4/c1-14(6-7-19-2)10-8-11(16)15(13-9-10)5-3-4-12(17)18/h3-4,8-9H,5-7H2,1-2H3,(H,17,18)/b4-3+. The summed E-state index contributed by atoms with van der Waals surface area (Å²) in [6.45, 7) is 1.34. The number of carbonyl (C=O) groups is 1. The highest BCUT2D eigenvalue weighted by Crippen LogP contribution is 2.06. The van der Waals surface area contributed by atoms with Gasteiger partial charge in [-0.2, -0.15) is 5.10 Å². The van der Waals surface area contributed by atoms with Crippen LogP contribution in [-0.2, 0) is 16.1 Å². The van der Waals surface area contributed by atoms with Gasteiger partial charge in [-0.05, 0) is 0 Å². The Labute approximate surface area is 110 Å². The summed E-state index contributed by atoms with van der Waals surface area (Å²) in [7, 11) is 3.45. The molecule has 0 bridgehead atoms. The summed E-state index contributed by atoms with van der Waals surface area (Å²) in [5.41, 5.74) is 0.414. The van der Waals surface area contributed by atoms with E-state index in [1.54, 1.807) is 13.3 Å². The van der Waals surface area contributed by atoms with Gasteiger partial charge in [0.25, 0.3) is 5.56 Å². The van der Waals surface area contributed by atoms with Crippen LogP contribution in [0.5, 0.6) is 0 Å². The summed E-state index contributed by atoms with van der Waals surface area (Å²) < 4.78 is 6.14. The van der Waals surface area contributed by atoms with E-state index in [1.807, 2.05) is 11.9 Å². The fourth-order valence-electron chi connectivity index (χ4n) is 1.38. The van der Waals surface area contributed by atoms with E-state index in [-0.39, 0.29) is 12.1 Å². The van der Waals surface area contributed by atoms with E-state index in [9.17, 15) is 9.59 Å². The van der Waals surface area contributed by atoms with Crippen LogP contribution >= 0.6 is 0 Å². The third kappa shape index (κ3) is 4.92. The second-order valence-electron chi connectivity index (χ2n) is 3.89. The molecule has 0 spiro atoms. The van der Waals surface area contributed by atoms with Crippen LogP contribution in [0.4, 0.5) is 5.69 Å². The van der Waals surface area contributed by atoms with Crippen molar-refractivity contribution in [3.63, 3.8) is 0 Å². The maximum absolute atomic E-state index is 11.8. The quantitative estimate of drug-likeness (QED) is 0.698. The summed E-state index contributed by atoms with van der Waals surface area (Å²) in [6.07, 6.45) is 3.91. The maximum atomic E-state index is 11.8. The Morgan fingerprint density at radius 1 is 1.63 bits per heavy atom. The van der Waals surface area contributed by atoms with Crippen molar-refractivity contribution in [2.75, 3.05) is 32.2 Å². The first-order valence-corrected chi connectivity index (χ1v) is 5.71. The summed E-state index contributed by atoms with van der Waals surface area (Å²) in [5, 5.41) is 12.4. The van der Waals surface area contributed by atoms with Crippen LogP contribution in [-0.4, -0.2) is 48.2 Å². The number of methoxy groups -OCH3 is 1. The molecule has 1 heterocycles. The van der Waals surface area contributed by atoms with Crippen LogP contribution in [0.1, 0.15) is 0 Å². The number of aromatic nitrogens is 2. The Kier molecular flexibility index (Phi) is 5.74. The smallest absolute Gasteiger partial charge is 0.328 e. The van der Waals surface area contributed by atoms with Crippen molar-refractivity contribution >= 4 is 11.7 Å². The van der Waals surface area contributed by atoms with Crippen LogP contribution < -0.4 is 10.5 Å². The third-order valence-corrected chi connectivity index (χ3v) is 2.47. The molecule has 7 nitrogen and oxygen atoms in total. The van der Waals surface area contributed by atoms with E-state index in [4.69, 9.17) is 9.84 Å². The first-order valence-electron chi connectivity index (χ1n) is 5.71. The SMILES string of the molecule is COCCN(C)c1cnn(C/C=C/C(=O)O)c(=O)c1. The Balaban J connectivity index is 2.74. The van der Waals surface area contributed by atoms with Crippen molar-refractivity contribution in [3.8, 4) is 0 Å². The molecule has 0 aromatic carbocycles. The summed E-state index contributed by atoms with van der Waals surface area (Å²) in [6, 6.07) is 1.46. The van der Waals surface area contributed by atoms with Gasteiger partial charge in [-0.15, -0.1) is 0 Å². The molecule has 0 amide bonds. The number of carboxylic acids is 1. The van der Waals surface area contributed by atoms with E-state index in [1.165, 1.54) is 16.8 Å². The highest BCUT2D eigenvalue weighted by molar-refractivity contribution is 5.79. The molecule has 7 heteroatoms. The lowest BCUT2D eigenvalue weighted by molar-refractivity contribution is -0.131. The monoisotopic (exact) mass is 267 g/mol. The normalized spacial score (nSPS) is 10.8. The molecular weight excluding hydrogens is 250 g/mol. The van der Waals surface area contributed by atoms with Gasteiger partial charge in [0, 0.05) is 32.8 Å². The molecule has 1 aromatic heterocycles. The molecule has 0 unspecified atom stereocenters. The van der Waals surface area contributed by atoms with Crippen LogP contribution in [0, 0.1) is 0 Å². The fourth-order valence-corrected chi connectivity index (χ4v) is 1.38. The third-order valence-electron chi connectivity index (χ3n) is 2.47. The van der Waals surface area contributed by atoms with E-state index >= 15 is 0 Å². The van der Waals surface area contributed by atoms with Gasteiger partial charge < -0.3 is 14.7 Å².